The quantitative estimate of drug-likeness (QED) is 0.415. The summed E-state index contributed by atoms with van der Waals surface area (Å²) in [7, 11) is 0. The molecule has 1 aliphatic rings. The van der Waals surface area contributed by atoms with Crippen LogP contribution in [0.2, 0.25) is 0 Å². The third-order valence-electron chi connectivity index (χ3n) is 5.97. The van der Waals surface area contributed by atoms with E-state index in [-0.39, 0.29) is 11.9 Å². The van der Waals surface area contributed by atoms with Gasteiger partial charge in [0.2, 0.25) is 5.91 Å². The Hall–Kier alpha value is -4.51. The summed E-state index contributed by atoms with van der Waals surface area (Å²) in [6.45, 7) is 4.82. The summed E-state index contributed by atoms with van der Waals surface area (Å²) in [6, 6.07) is 13.4. The van der Waals surface area contributed by atoms with Crippen LogP contribution in [0, 0.1) is 11.3 Å². The normalized spacial score (nSPS) is 15.6. The van der Waals surface area contributed by atoms with Gasteiger partial charge in [-0.2, -0.15) is 10.4 Å². The molecule has 1 atom stereocenters. The number of hydrogen-bond donors (Lipinski definition) is 0. The van der Waals surface area contributed by atoms with Gasteiger partial charge in [0.15, 0.2) is 0 Å². The van der Waals surface area contributed by atoms with Crippen LogP contribution in [0.15, 0.2) is 73.8 Å². The summed E-state index contributed by atoms with van der Waals surface area (Å²) in [6.07, 6.45) is 9.72. The maximum Gasteiger partial charge on any atom is 0.246 e. The van der Waals surface area contributed by atoms with Crippen molar-refractivity contribution in [2.75, 3.05) is 13.1 Å². The summed E-state index contributed by atoms with van der Waals surface area (Å²) in [5.41, 5.74) is 2.82. The maximum absolute atomic E-state index is 12.2. The van der Waals surface area contributed by atoms with Crippen molar-refractivity contribution in [2.45, 2.75) is 18.9 Å². The summed E-state index contributed by atoms with van der Waals surface area (Å²) < 4.78 is 7.77. The minimum atomic E-state index is -0.0895. The number of likely N-dealkylation sites (tertiary alicyclic amines) is 1. The molecule has 1 fully saturated rings. The molecule has 8 nitrogen and oxygen atoms in total. The topological polar surface area (TPSA) is 96.9 Å². The van der Waals surface area contributed by atoms with Gasteiger partial charge in [0.1, 0.15) is 23.3 Å². The van der Waals surface area contributed by atoms with Gasteiger partial charge < -0.3 is 9.64 Å². The molecule has 3 aromatic heterocycles. The van der Waals surface area contributed by atoms with Crippen LogP contribution in [0.1, 0.15) is 24.4 Å². The Kier molecular flexibility index (Phi) is 5.75. The van der Waals surface area contributed by atoms with E-state index >= 15 is 0 Å². The molecular formula is C26H22N6O2. The number of benzene rings is 1. The minimum absolute atomic E-state index is 0.0438. The number of carbonyl (C=O) groups excluding carboxylic acids is 1. The molecule has 0 spiro atoms. The summed E-state index contributed by atoms with van der Waals surface area (Å²) >= 11 is 0. The molecule has 1 aromatic carbocycles. The zero-order valence-corrected chi connectivity index (χ0v) is 18.5. The van der Waals surface area contributed by atoms with E-state index in [0.29, 0.717) is 30.2 Å². The lowest BCUT2D eigenvalue weighted by Crippen LogP contribution is -2.40. The van der Waals surface area contributed by atoms with Gasteiger partial charge in [-0.15, -0.1) is 0 Å². The highest BCUT2D eigenvalue weighted by Crippen LogP contribution is 2.34. The number of amides is 1. The third-order valence-corrected chi connectivity index (χ3v) is 5.97. The fourth-order valence-electron chi connectivity index (χ4n) is 4.35. The molecule has 4 aromatic rings. The Labute approximate surface area is 196 Å². The minimum Gasteiger partial charge on any atom is -0.457 e. The molecule has 0 bridgehead atoms. The molecular weight excluding hydrogens is 428 g/mol. The highest BCUT2D eigenvalue weighted by Gasteiger charge is 2.27. The number of rotatable bonds is 5. The average molecular weight is 451 g/mol. The lowest BCUT2D eigenvalue weighted by Gasteiger charge is -2.32. The first kappa shape index (κ1) is 21.3. The van der Waals surface area contributed by atoms with Crippen LogP contribution < -0.4 is 4.74 Å². The molecule has 0 saturated carbocycles. The molecule has 1 amide bonds. The van der Waals surface area contributed by atoms with Crippen molar-refractivity contribution >= 4 is 16.8 Å². The molecule has 1 saturated heterocycles. The number of pyridine rings is 2. The van der Waals surface area contributed by atoms with Crippen LogP contribution in [0.5, 0.6) is 11.5 Å². The van der Waals surface area contributed by atoms with E-state index in [4.69, 9.17) is 9.84 Å². The molecule has 168 valence electrons. The van der Waals surface area contributed by atoms with Crippen LogP contribution in [-0.2, 0) is 4.79 Å². The number of hydrogen-bond acceptors (Lipinski definition) is 6. The summed E-state index contributed by atoms with van der Waals surface area (Å²) in [5.74, 6) is 1.31. The number of ether oxygens (including phenoxy) is 1. The fourth-order valence-corrected chi connectivity index (χ4v) is 4.35. The van der Waals surface area contributed by atoms with E-state index in [0.717, 1.165) is 35.0 Å². The number of aromatic nitrogens is 4. The van der Waals surface area contributed by atoms with Crippen molar-refractivity contribution in [1.82, 2.24) is 24.6 Å². The van der Waals surface area contributed by atoms with Gasteiger partial charge in [0, 0.05) is 48.8 Å². The largest absolute Gasteiger partial charge is 0.457 e. The first-order valence-corrected chi connectivity index (χ1v) is 11.0. The zero-order valence-electron chi connectivity index (χ0n) is 18.5. The average Bonchev–Trinajstić information content (AvgIpc) is 3.29. The second-order valence-corrected chi connectivity index (χ2v) is 8.08. The summed E-state index contributed by atoms with van der Waals surface area (Å²) in [4.78, 5) is 22.3. The molecule has 5 rings (SSSR count). The Morgan fingerprint density at radius 3 is 2.62 bits per heavy atom. The Morgan fingerprint density at radius 2 is 1.88 bits per heavy atom. The van der Waals surface area contributed by atoms with Crippen molar-refractivity contribution in [3.63, 3.8) is 0 Å². The number of nitriles is 1. The maximum atomic E-state index is 12.2. The lowest BCUT2D eigenvalue weighted by atomic mass is 10.0. The number of piperidine rings is 1. The van der Waals surface area contributed by atoms with Gasteiger partial charge in [-0.1, -0.05) is 6.58 Å². The second-order valence-electron chi connectivity index (χ2n) is 8.08. The van der Waals surface area contributed by atoms with Crippen LogP contribution in [0.4, 0.5) is 0 Å². The monoisotopic (exact) mass is 450 g/mol. The molecule has 1 aliphatic heterocycles. The van der Waals surface area contributed by atoms with Crippen molar-refractivity contribution in [2.24, 2.45) is 0 Å². The predicted molar refractivity (Wildman–Crippen MR) is 127 cm³/mol. The van der Waals surface area contributed by atoms with Crippen molar-refractivity contribution < 1.29 is 9.53 Å². The third kappa shape index (κ3) is 3.99. The van der Waals surface area contributed by atoms with Crippen LogP contribution >= 0.6 is 0 Å². The van der Waals surface area contributed by atoms with E-state index < -0.39 is 0 Å². The van der Waals surface area contributed by atoms with Crippen molar-refractivity contribution in [3.05, 3.63) is 79.4 Å². The zero-order chi connectivity index (χ0) is 23.5. The van der Waals surface area contributed by atoms with E-state index in [9.17, 15) is 10.1 Å². The van der Waals surface area contributed by atoms with Gasteiger partial charge >= 0.3 is 0 Å². The highest BCUT2D eigenvalue weighted by molar-refractivity contribution is 5.95. The van der Waals surface area contributed by atoms with Crippen molar-refractivity contribution in [3.8, 4) is 28.8 Å². The number of fused-ring (bicyclic) bond motifs is 1. The van der Waals surface area contributed by atoms with Crippen LogP contribution in [0.3, 0.4) is 0 Å². The number of carbonyl (C=O) groups is 1. The molecule has 0 aliphatic carbocycles. The Bertz CT molecular complexity index is 1390. The summed E-state index contributed by atoms with van der Waals surface area (Å²) in [5, 5.41) is 15.5. The van der Waals surface area contributed by atoms with E-state index in [1.807, 2.05) is 28.9 Å². The van der Waals surface area contributed by atoms with E-state index in [2.05, 4.69) is 22.6 Å². The highest BCUT2D eigenvalue weighted by atomic mass is 16.5. The lowest BCUT2D eigenvalue weighted by molar-refractivity contribution is -0.127. The van der Waals surface area contributed by atoms with Gasteiger partial charge in [-0.05, 0) is 55.3 Å². The van der Waals surface area contributed by atoms with Crippen molar-refractivity contribution in [1.29, 1.82) is 5.26 Å². The van der Waals surface area contributed by atoms with Crippen LogP contribution in [0.25, 0.3) is 22.2 Å². The first-order valence-electron chi connectivity index (χ1n) is 11.0. The van der Waals surface area contributed by atoms with Gasteiger partial charge in [0.25, 0.3) is 0 Å². The Balaban J connectivity index is 1.53. The van der Waals surface area contributed by atoms with Crippen LogP contribution in [-0.4, -0.2) is 43.6 Å². The Morgan fingerprint density at radius 1 is 1.12 bits per heavy atom. The molecule has 34 heavy (non-hydrogen) atoms. The predicted octanol–water partition coefficient (Wildman–Crippen LogP) is 4.51. The van der Waals surface area contributed by atoms with E-state index in [1.165, 1.54) is 6.08 Å². The van der Waals surface area contributed by atoms with E-state index in [1.54, 1.807) is 41.8 Å². The molecule has 4 heterocycles. The second kappa shape index (κ2) is 9.16. The SMILES string of the molecule is C=CC(=O)N1CCC[C@@H](n2nc(-c3ccc(Oc4ccncc4)cc3)c3cncc(C#N)c32)C1. The molecule has 0 unspecified atom stereocenters. The first-order chi connectivity index (χ1) is 16.7. The molecule has 0 radical (unpaired) electrons. The molecule has 0 N–H and O–H groups in total. The van der Waals surface area contributed by atoms with Gasteiger partial charge in [0.05, 0.1) is 17.1 Å². The fraction of sp³-hybridized carbons (Fsp3) is 0.192. The van der Waals surface area contributed by atoms with Gasteiger partial charge in [-0.25, -0.2) is 0 Å². The van der Waals surface area contributed by atoms with Gasteiger partial charge in [-0.3, -0.25) is 19.4 Å². The smallest absolute Gasteiger partial charge is 0.246 e. The number of nitrogens with zero attached hydrogens (tertiary/aromatic N) is 6. The molecule has 8 heteroatoms. The standard InChI is InChI=1S/C26H22N6O2/c1-2-24(33)31-13-3-4-20(17-31)32-26-19(14-27)15-29-16-23(26)25(30-32)18-5-7-21(8-6-18)34-22-9-11-28-12-10-22/h2,5-12,15-16,20H,1,3-4,13,17H2/t20-/m1/s1.